The summed E-state index contributed by atoms with van der Waals surface area (Å²) >= 11 is 0. The van der Waals surface area contributed by atoms with Crippen LogP contribution in [0, 0.1) is 0 Å². The number of piperidine rings is 2. The maximum absolute atomic E-state index is 13.5. The van der Waals surface area contributed by atoms with Crippen LogP contribution in [-0.2, 0) is 4.74 Å². The van der Waals surface area contributed by atoms with E-state index in [1.54, 1.807) is 0 Å². The van der Waals surface area contributed by atoms with Crippen molar-refractivity contribution in [3.05, 3.63) is 0 Å². The maximum Gasteiger partial charge on any atom is 0.443 e. The molecule has 0 radical (unpaired) electrons. The predicted molar refractivity (Wildman–Crippen MR) is 81.6 cm³/mol. The number of aliphatic imine (C=N–C) groups is 2. The first-order valence-corrected chi connectivity index (χ1v) is 8.65. The minimum atomic E-state index is -5.73. The smallest absolute Gasteiger partial charge is 0.392 e. The summed E-state index contributed by atoms with van der Waals surface area (Å²) < 4.78 is 86.6. The van der Waals surface area contributed by atoms with Crippen LogP contribution in [0.2, 0.25) is 0 Å². The Morgan fingerprint density at radius 3 is 1.31 bits per heavy atom. The second kappa shape index (κ2) is 6.80. The van der Waals surface area contributed by atoms with Gasteiger partial charge in [0.1, 0.15) is 0 Å². The summed E-state index contributed by atoms with van der Waals surface area (Å²) in [4.78, 5) is 8.64. The zero-order valence-corrected chi connectivity index (χ0v) is 14.0. The fraction of sp³-hybridized carbons (Fsp3) is 0.867. The lowest BCUT2D eigenvalue weighted by Crippen LogP contribution is -2.60. The second-order valence-electron chi connectivity index (χ2n) is 6.65. The van der Waals surface area contributed by atoms with Crippen LogP contribution < -0.4 is 0 Å². The average molecular weight is 386 g/mol. The van der Waals surface area contributed by atoms with Gasteiger partial charge in [-0.3, -0.25) is 0 Å². The number of halogens is 6. The molecule has 0 unspecified atom stereocenters. The summed E-state index contributed by atoms with van der Waals surface area (Å²) in [5.41, 5.74) is -4.53. The molecule has 2 saturated heterocycles. The normalized spacial score (nSPS) is 24.7. The van der Waals surface area contributed by atoms with E-state index in [0.717, 1.165) is 12.8 Å². The molecule has 3 heterocycles. The van der Waals surface area contributed by atoms with E-state index >= 15 is 0 Å². The number of hydrogen-bond acceptors (Lipinski definition) is 5. The van der Waals surface area contributed by atoms with Crippen molar-refractivity contribution in [1.82, 2.24) is 9.80 Å². The molecule has 3 rings (SSSR count). The van der Waals surface area contributed by atoms with Gasteiger partial charge in [0.15, 0.2) is 0 Å². The van der Waals surface area contributed by atoms with Gasteiger partial charge in [0.25, 0.3) is 12.0 Å². The van der Waals surface area contributed by atoms with Crippen LogP contribution in [0.4, 0.5) is 26.3 Å². The summed E-state index contributed by atoms with van der Waals surface area (Å²) in [7, 11) is 0. The number of hydrogen-bond donors (Lipinski definition) is 0. The lowest BCUT2D eigenvalue weighted by Gasteiger charge is -2.40. The molecule has 0 amide bonds. The Labute approximate surface area is 146 Å². The summed E-state index contributed by atoms with van der Waals surface area (Å²) in [6, 6.07) is -1.29. The molecule has 0 bridgehead atoms. The van der Waals surface area contributed by atoms with E-state index in [4.69, 9.17) is 4.74 Å². The van der Waals surface area contributed by atoms with E-state index in [9.17, 15) is 26.3 Å². The fourth-order valence-electron chi connectivity index (χ4n) is 3.28. The van der Waals surface area contributed by atoms with Crippen molar-refractivity contribution in [2.75, 3.05) is 26.2 Å². The molecule has 0 aromatic carbocycles. The molecule has 148 valence electrons. The number of nitrogens with zero attached hydrogens (tertiary/aromatic N) is 4. The molecule has 0 spiro atoms. The van der Waals surface area contributed by atoms with Crippen molar-refractivity contribution in [3.63, 3.8) is 0 Å². The van der Waals surface area contributed by atoms with Gasteiger partial charge in [-0.05, 0) is 38.5 Å². The van der Waals surface area contributed by atoms with Crippen LogP contribution in [0.1, 0.15) is 38.5 Å². The van der Waals surface area contributed by atoms with E-state index in [1.165, 1.54) is 9.80 Å². The molecule has 5 nitrogen and oxygen atoms in total. The molecule has 0 aromatic rings. The van der Waals surface area contributed by atoms with Gasteiger partial charge in [0, 0.05) is 26.2 Å². The molecule has 3 aliphatic rings. The molecule has 2 fully saturated rings. The van der Waals surface area contributed by atoms with Crippen LogP contribution in [0.5, 0.6) is 0 Å². The average Bonchev–Trinajstić information content (AvgIpc) is 2.61. The molecule has 0 N–H and O–H groups in total. The van der Waals surface area contributed by atoms with Crippen LogP contribution in [0.25, 0.3) is 0 Å². The largest absolute Gasteiger partial charge is 0.443 e. The van der Waals surface area contributed by atoms with Crippen LogP contribution >= 0.6 is 0 Å². The van der Waals surface area contributed by atoms with Gasteiger partial charge in [-0.2, -0.15) is 36.3 Å². The highest BCUT2D eigenvalue weighted by molar-refractivity contribution is 5.91. The zero-order chi connectivity index (χ0) is 19.0. The monoisotopic (exact) mass is 386 g/mol. The molecule has 0 aromatic heterocycles. The Morgan fingerprint density at radius 2 is 1.00 bits per heavy atom. The highest BCUT2D eigenvalue weighted by atomic mass is 19.4. The summed E-state index contributed by atoms with van der Waals surface area (Å²) in [6.45, 7) is 1.21. The lowest BCUT2D eigenvalue weighted by molar-refractivity contribution is -0.294. The number of alkyl halides is 6. The molecule has 26 heavy (non-hydrogen) atoms. The van der Waals surface area contributed by atoms with Crippen LogP contribution in [-0.4, -0.2) is 66.0 Å². The third kappa shape index (κ3) is 3.44. The molecular formula is C15H20F6N4O. The van der Waals surface area contributed by atoms with Gasteiger partial charge in [0.2, 0.25) is 0 Å². The molecule has 0 atom stereocenters. The first-order valence-electron chi connectivity index (χ1n) is 8.65. The van der Waals surface area contributed by atoms with Gasteiger partial charge < -0.3 is 14.5 Å². The highest BCUT2D eigenvalue weighted by Gasteiger charge is 2.74. The highest BCUT2D eigenvalue weighted by Crippen LogP contribution is 2.48. The topological polar surface area (TPSA) is 40.4 Å². The second-order valence-corrected chi connectivity index (χ2v) is 6.65. The maximum atomic E-state index is 13.5. The van der Waals surface area contributed by atoms with Crippen molar-refractivity contribution in [3.8, 4) is 0 Å². The first-order chi connectivity index (χ1) is 12.1. The van der Waals surface area contributed by atoms with Gasteiger partial charge in [-0.25, -0.2) is 0 Å². The summed E-state index contributed by atoms with van der Waals surface area (Å²) in [5, 5.41) is 0. The van der Waals surface area contributed by atoms with Crippen LogP contribution in [0.3, 0.4) is 0 Å². The molecule has 3 aliphatic heterocycles. The zero-order valence-electron chi connectivity index (χ0n) is 14.0. The number of likely N-dealkylation sites (tertiary alicyclic amines) is 2. The van der Waals surface area contributed by atoms with E-state index in [2.05, 4.69) is 9.98 Å². The van der Waals surface area contributed by atoms with Crippen LogP contribution in [0.15, 0.2) is 9.98 Å². The Balaban J connectivity index is 2.04. The third-order valence-corrected chi connectivity index (χ3v) is 4.74. The Bertz CT molecular complexity index is 524. The Morgan fingerprint density at radius 1 is 0.654 bits per heavy atom. The molecule has 0 saturated carbocycles. The predicted octanol–water partition coefficient (Wildman–Crippen LogP) is 3.52. The lowest BCUT2D eigenvalue weighted by atomic mass is 10.1. The van der Waals surface area contributed by atoms with Crippen molar-refractivity contribution >= 4 is 12.0 Å². The third-order valence-electron chi connectivity index (χ3n) is 4.74. The van der Waals surface area contributed by atoms with E-state index in [0.29, 0.717) is 51.9 Å². The van der Waals surface area contributed by atoms with Crippen molar-refractivity contribution in [2.45, 2.75) is 56.5 Å². The van der Waals surface area contributed by atoms with Crippen molar-refractivity contribution < 1.29 is 31.1 Å². The Kier molecular flexibility index (Phi) is 5.00. The first kappa shape index (κ1) is 19.1. The van der Waals surface area contributed by atoms with Gasteiger partial charge >= 0.3 is 18.0 Å². The molecular weight excluding hydrogens is 366 g/mol. The Hall–Kier alpha value is -1.68. The molecule has 0 aliphatic carbocycles. The minimum absolute atomic E-state index is 0.303. The molecule has 11 heteroatoms. The summed E-state index contributed by atoms with van der Waals surface area (Å²) in [6.07, 6.45) is -7.10. The standard InChI is InChI=1S/C15H20F6N4O/c16-14(17,18)13(15(19,20)21)22-11(24-7-3-1-4-8-24)26-12(23-13)25-9-5-2-6-10-25/h1-10H2. The minimum Gasteiger partial charge on any atom is -0.392 e. The van der Waals surface area contributed by atoms with Crippen molar-refractivity contribution in [1.29, 1.82) is 0 Å². The van der Waals surface area contributed by atoms with Gasteiger partial charge in [-0.15, -0.1) is 0 Å². The SMILES string of the molecule is FC(F)(F)C1(C(F)(F)F)N=C(N2CCCCC2)OC(N2CCCCC2)=N1. The van der Waals surface area contributed by atoms with E-state index < -0.39 is 30.1 Å². The van der Waals surface area contributed by atoms with Gasteiger partial charge in [-0.1, -0.05) is 0 Å². The number of ether oxygens (including phenoxy) is 1. The van der Waals surface area contributed by atoms with Crippen molar-refractivity contribution in [2.24, 2.45) is 9.98 Å². The van der Waals surface area contributed by atoms with E-state index in [-0.39, 0.29) is 0 Å². The fourth-order valence-corrected chi connectivity index (χ4v) is 3.28. The quantitative estimate of drug-likeness (QED) is 0.598. The number of amidine groups is 2. The number of rotatable bonds is 0. The van der Waals surface area contributed by atoms with E-state index in [1.807, 2.05) is 0 Å². The van der Waals surface area contributed by atoms with Gasteiger partial charge in [0.05, 0.1) is 0 Å². The summed E-state index contributed by atoms with van der Waals surface area (Å²) in [5.74, 6) is 0.